The average Bonchev–Trinajstić information content (AvgIpc) is 2.37. The van der Waals surface area contributed by atoms with E-state index in [0.717, 1.165) is 19.0 Å². The number of nitrogens with zero attached hydrogens (tertiary/aromatic N) is 3. The summed E-state index contributed by atoms with van der Waals surface area (Å²) in [5.74, 6) is -1.14. The number of nitrogens with one attached hydrogen (secondary N) is 1. The van der Waals surface area contributed by atoms with Crippen LogP contribution in [0.15, 0.2) is 12.1 Å². The zero-order chi connectivity index (χ0) is 14.4. The Bertz CT molecular complexity index is 478. The largest absolute Gasteiger partial charge is 0.477 e. The molecule has 1 aromatic heterocycles. The smallest absolute Gasteiger partial charge is 0.354 e. The molecule has 8 nitrogen and oxygen atoms in total. The molecule has 0 aromatic carbocycles. The van der Waals surface area contributed by atoms with Gasteiger partial charge in [-0.2, -0.15) is 0 Å². The van der Waals surface area contributed by atoms with Crippen molar-refractivity contribution in [2.24, 2.45) is 0 Å². The van der Waals surface area contributed by atoms with Gasteiger partial charge < -0.3 is 15.3 Å². The van der Waals surface area contributed by atoms with Gasteiger partial charge in [0.15, 0.2) is 5.69 Å². The van der Waals surface area contributed by atoms with Crippen molar-refractivity contribution < 1.29 is 14.8 Å². The molecule has 0 fully saturated rings. The van der Waals surface area contributed by atoms with Crippen LogP contribution in [0.1, 0.15) is 16.9 Å². The predicted octanol–water partition coefficient (Wildman–Crippen LogP) is 0.734. The molecule has 0 unspecified atom stereocenters. The fraction of sp³-hybridized carbons (Fsp3) is 0.455. The summed E-state index contributed by atoms with van der Waals surface area (Å²) in [7, 11) is 3.46. The Hall–Kier alpha value is -2.22. The number of nitro groups is 1. The molecule has 1 aromatic rings. The van der Waals surface area contributed by atoms with E-state index in [4.69, 9.17) is 5.11 Å². The molecule has 1 rings (SSSR count). The molecule has 0 aliphatic rings. The normalized spacial score (nSPS) is 10.2. The maximum atomic E-state index is 10.9. The van der Waals surface area contributed by atoms with Gasteiger partial charge in [0.2, 0.25) is 5.82 Å². The lowest BCUT2D eigenvalue weighted by atomic mass is 10.3. The Balaban J connectivity index is 3.02. The highest BCUT2D eigenvalue weighted by molar-refractivity contribution is 5.86. The van der Waals surface area contributed by atoms with Crippen LogP contribution in [-0.4, -0.2) is 48.2 Å². The maximum Gasteiger partial charge on any atom is 0.354 e. The molecule has 0 atom stereocenters. The second kappa shape index (κ2) is 6.64. The van der Waals surface area contributed by atoms with Crippen LogP contribution in [0.5, 0.6) is 0 Å². The van der Waals surface area contributed by atoms with Gasteiger partial charge in [-0.1, -0.05) is 0 Å². The third-order valence-electron chi connectivity index (χ3n) is 2.55. The first-order valence-electron chi connectivity index (χ1n) is 5.71. The minimum atomic E-state index is -1.21. The molecule has 2 N–H and O–H groups in total. The summed E-state index contributed by atoms with van der Waals surface area (Å²) in [6.45, 7) is 1.30. The van der Waals surface area contributed by atoms with Crippen molar-refractivity contribution in [3.8, 4) is 0 Å². The summed E-state index contributed by atoms with van der Waals surface area (Å²) < 4.78 is 0. The zero-order valence-corrected chi connectivity index (χ0v) is 10.8. The van der Waals surface area contributed by atoms with Gasteiger partial charge in [-0.3, -0.25) is 10.1 Å². The summed E-state index contributed by atoms with van der Waals surface area (Å²) in [5.41, 5.74) is -0.405. The fourth-order valence-electron chi connectivity index (χ4n) is 1.58. The highest BCUT2D eigenvalue weighted by Crippen LogP contribution is 2.25. The minimum Gasteiger partial charge on any atom is -0.477 e. The first-order valence-corrected chi connectivity index (χ1v) is 5.71. The Morgan fingerprint density at radius 1 is 1.58 bits per heavy atom. The molecular weight excluding hydrogens is 252 g/mol. The van der Waals surface area contributed by atoms with E-state index in [-0.39, 0.29) is 17.2 Å². The summed E-state index contributed by atoms with van der Waals surface area (Å²) in [6.07, 6.45) is 0.767. The van der Waals surface area contributed by atoms with Crippen molar-refractivity contribution >= 4 is 17.5 Å². The predicted molar refractivity (Wildman–Crippen MR) is 69.7 cm³/mol. The molecular formula is C11H16N4O4. The van der Waals surface area contributed by atoms with Crippen molar-refractivity contribution in [2.45, 2.75) is 6.42 Å². The molecule has 0 radical (unpaired) electrons. The lowest BCUT2D eigenvalue weighted by Crippen LogP contribution is -2.24. The number of rotatable bonds is 7. The van der Waals surface area contributed by atoms with E-state index in [0.29, 0.717) is 6.54 Å². The lowest BCUT2D eigenvalue weighted by molar-refractivity contribution is -0.384. The van der Waals surface area contributed by atoms with Crippen LogP contribution in [0, 0.1) is 10.1 Å². The van der Waals surface area contributed by atoms with Crippen LogP contribution in [-0.2, 0) is 0 Å². The van der Waals surface area contributed by atoms with Gasteiger partial charge in [-0.05, 0) is 26.1 Å². The van der Waals surface area contributed by atoms with Crippen molar-refractivity contribution in [1.82, 2.24) is 10.3 Å². The van der Waals surface area contributed by atoms with Crippen LogP contribution in [0.2, 0.25) is 0 Å². The number of aromatic nitrogens is 1. The number of hydrogen-bond donors (Lipinski definition) is 2. The second-order valence-corrected chi connectivity index (χ2v) is 3.98. The standard InChI is InChI=1S/C11H16N4O4/c1-12-6-3-7-14(2)10-9(15(18)19)5-4-8(13-10)11(16)17/h4-5,12H,3,6-7H2,1-2H3,(H,16,17). The Morgan fingerprint density at radius 2 is 2.26 bits per heavy atom. The molecule has 0 aliphatic heterocycles. The number of anilines is 1. The third kappa shape index (κ3) is 3.88. The average molecular weight is 268 g/mol. The molecule has 1 heterocycles. The Labute approximate surface area is 110 Å². The van der Waals surface area contributed by atoms with Crippen molar-refractivity contribution in [1.29, 1.82) is 0 Å². The SMILES string of the molecule is CNCCCN(C)c1nc(C(=O)O)ccc1[N+](=O)[O-]. The van der Waals surface area contributed by atoms with Crippen LogP contribution in [0.4, 0.5) is 11.5 Å². The number of hydrogen-bond acceptors (Lipinski definition) is 6. The molecule has 0 aliphatic carbocycles. The van der Waals surface area contributed by atoms with Gasteiger partial charge in [0.05, 0.1) is 4.92 Å². The van der Waals surface area contributed by atoms with Crippen LogP contribution < -0.4 is 10.2 Å². The van der Waals surface area contributed by atoms with Crippen molar-refractivity contribution in [3.05, 3.63) is 27.9 Å². The van der Waals surface area contributed by atoms with Crippen LogP contribution in [0.25, 0.3) is 0 Å². The van der Waals surface area contributed by atoms with E-state index in [2.05, 4.69) is 10.3 Å². The maximum absolute atomic E-state index is 10.9. The summed E-state index contributed by atoms with van der Waals surface area (Å²) in [4.78, 5) is 26.6. The molecule has 0 bridgehead atoms. The van der Waals surface area contributed by atoms with Gasteiger partial charge in [0, 0.05) is 19.7 Å². The number of carboxylic acids is 1. The molecule has 0 saturated carbocycles. The van der Waals surface area contributed by atoms with Crippen LogP contribution >= 0.6 is 0 Å². The van der Waals surface area contributed by atoms with Gasteiger partial charge >= 0.3 is 11.7 Å². The number of aromatic carboxylic acids is 1. The van der Waals surface area contributed by atoms with Gasteiger partial charge in [0.25, 0.3) is 0 Å². The zero-order valence-electron chi connectivity index (χ0n) is 10.8. The molecule has 0 saturated heterocycles. The molecule has 0 amide bonds. The highest BCUT2D eigenvalue weighted by Gasteiger charge is 2.21. The number of carbonyl (C=O) groups is 1. The monoisotopic (exact) mass is 268 g/mol. The van der Waals surface area contributed by atoms with E-state index in [1.807, 2.05) is 7.05 Å². The molecule has 8 heteroatoms. The van der Waals surface area contributed by atoms with E-state index in [9.17, 15) is 14.9 Å². The highest BCUT2D eigenvalue weighted by atomic mass is 16.6. The quantitative estimate of drug-likeness (QED) is 0.426. The Morgan fingerprint density at radius 3 is 2.79 bits per heavy atom. The second-order valence-electron chi connectivity index (χ2n) is 3.98. The first kappa shape index (κ1) is 14.8. The van der Waals surface area contributed by atoms with Gasteiger partial charge in [0.1, 0.15) is 0 Å². The van der Waals surface area contributed by atoms with Crippen molar-refractivity contribution in [3.63, 3.8) is 0 Å². The van der Waals surface area contributed by atoms with Crippen molar-refractivity contribution in [2.75, 3.05) is 32.1 Å². The minimum absolute atomic E-state index is 0.0704. The van der Waals surface area contributed by atoms with Gasteiger partial charge in [-0.25, -0.2) is 9.78 Å². The number of carboxylic acid groups (broad SMARTS) is 1. The fourth-order valence-corrected chi connectivity index (χ4v) is 1.58. The van der Waals surface area contributed by atoms with Gasteiger partial charge in [-0.15, -0.1) is 0 Å². The van der Waals surface area contributed by atoms with E-state index in [1.165, 1.54) is 6.07 Å². The summed E-state index contributed by atoms with van der Waals surface area (Å²) >= 11 is 0. The molecule has 0 spiro atoms. The van der Waals surface area contributed by atoms with Crippen LogP contribution in [0.3, 0.4) is 0 Å². The first-order chi connectivity index (χ1) is 8.97. The summed E-state index contributed by atoms with van der Waals surface area (Å²) in [6, 6.07) is 2.30. The third-order valence-corrected chi connectivity index (χ3v) is 2.55. The summed E-state index contributed by atoms with van der Waals surface area (Å²) in [5, 5.41) is 22.8. The molecule has 19 heavy (non-hydrogen) atoms. The number of pyridine rings is 1. The van der Waals surface area contributed by atoms with E-state index >= 15 is 0 Å². The Kier molecular flexibility index (Phi) is 5.19. The molecule has 104 valence electrons. The lowest BCUT2D eigenvalue weighted by Gasteiger charge is -2.18. The van der Waals surface area contributed by atoms with E-state index < -0.39 is 10.9 Å². The topological polar surface area (TPSA) is 109 Å². The van der Waals surface area contributed by atoms with E-state index in [1.54, 1.807) is 11.9 Å².